The molecule has 1 amide bonds. The molecule has 0 atom stereocenters. The van der Waals surface area contributed by atoms with Crippen molar-refractivity contribution in [3.8, 4) is 0 Å². The normalized spacial score (nSPS) is 19.8. The van der Waals surface area contributed by atoms with Crippen molar-refractivity contribution in [2.45, 2.75) is 31.8 Å². The van der Waals surface area contributed by atoms with Crippen molar-refractivity contribution in [3.05, 3.63) is 35.1 Å². The molecule has 0 radical (unpaired) electrons. The molecule has 2 aliphatic rings. The van der Waals surface area contributed by atoms with Crippen LogP contribution in [-0.4, -0.2) is 87.1 Å². The fourth-order valence-electron chi connectivity index (χ4n) is 4.72. The molecule has 0 saturated carbocycles. The molecular formula is C21H28N6O3. The van der Waals surface area contributed by atoms with E-state index in [2.05, 4.69) is 21.9 Å². The van der Waals surface area contributed by atoms with Crippen LogP contribution in [0.5, 0.6) is 0 Å². The highest BCUT2D eigenvalue weighted by molar-refractivity contribution is 5.81. The van der Waals surface area contributed by atoms with Crippen molar-refractivity contribution >= 4 is 22.5 Å². The van der Waals surface area contributed by atoms with Gasteiger partial charge in [0, 0.05) is 63.9 Å². The van der Waals surface area contributed by atoms with E-state index in [-0.39, 0.29) is 11.5 Å². The summed E-state index contributed by atoms with van der Waals surface area (Å²) in [7, 11) is 2.17. The predicted molar refractivity (Wildman–Crippen MR) is 113 cm³/mol. The van der Waals surface area contributed by atoms with Gasteiger partial charge in [-0.05, 0) is 19.9 Å². The number of nitrogens with zero attached hydrogens (tertiary/aromatic N) is 6. The third kappa shape index (κ3) is 3.52. The Bertz CT molecular complexity index is 1100. The summed E-state index contributed by atoms with van der Waals surface area (Å²) in [6, 6.07) is 4.12. The standard InChI is InChI=1S/C21H28N6O3/c1-23-9-11-24(12-10-23)16-2-6-25(7-3-16)20(28)4-8-27-21(29)18-14-19-17(5-13-30-19)26(18)15-22-27/h5,13-16H,2-4,6-12H2,1H3. The van der Waals surface area contributed by atoms with E-state index in [0.29, 0.717) is 30.1 Å². The average Bonchev–Trinajstić information content (AvgIpc) is 3.36. The van der Waals surface area contributed by atoms with Gasteiger partial charge in [-0.2, -0.15) is 5.10 Å². The van der Waals surface area contributed by atoms with Crippen LogP contribution < -0.4 is 5.56 Å². The summed E-state index contributed by atoms with van der Waals surface area (Å²) in [5.74, 6) is 0.101. The SMILES string of the molecule is CN1CCN(C2CCN(C(=O)CCn3ncn4c(cc5occc54)c3=O)CC2)CC1. The summed E-state index contributed by atoms with van der Waals surface area (Å²) in [5.41, 5.74) is 1.79. The van der Waals surface area contributed by atoms with Gasteiger partial charge in [0.15, 0.2) is 5.58 Å². The number of amides is 1. The topological polar surface area (TPSA) is 79.2 Å². The maximum Gasteiger partial charge on any atom is 0.291 e. The molecule has 0 N–H and O–H groups in total. The van der Waals surface area contributed by atoms with Crippen LogP contribution in [0, 0.1) is 0 Å². The summed E-state index contributed by atoms with van der Waals surface area (Å²) >= 11 is 0. The van der Waals surface area contributed by atoms with Crippen LogP contribution in [0.4, 0.5) is 0 Å². The Morgan fingerprint density at radius 3 is 2.67 bits per heavy atom. The molecule has 0 aromatic carbocycles. The van der Waals surface area contributed by atoms with Gasteiger partial charge < -0.3 is 14.2 Å². The summed E-state index contributed by atoms with van der Waals surface area (Å²) in [6.07, 6.45) is 5.56. The zero-order valence-electron chi connectivity index (χ0n) is 17.4. The van der Waals surface area contributed by atoms with Crippen molar-refractivity contribution in [1.82, 2.24) is 28.9 Å². The summed E-state index contributed by atoms with van der Waals surface area (Å²) < 4.78 is 8.47. The number of piperazine rings is 1. The molecule has 5 heterocycles. The van der Waals surface area contributed by atoms with Crippen molar-refractivity contribution in [3.63, 3.8) is 0 Å². The molecule has 30 heavy (non-hydrogen) atoms. The molecule has 9 heteroatoms. The van der Waals surface area contributed by atoms with Crippen LogP contribution in [0.3, 0.4) is 0 Å². The summed E-state index contributed by atoms with van der Waals surface area (Å²) in [4.78, 5) is 32.3. The molecular weight excluding hydrogens is 384 g/mol. The Morgan fingerprint density at radius 1 is 1.13 bits per heavy atom. The minimum Gasteiger partial charge on any atom is -0.463 e. The number of piperidine rings is 1. The smallest absolute Gasteiger partial charge is 0.291 e. The molecule has 0 bridgehead atoms. The van der Waals surface area contributed by atoms with Crippen LogP contribution in [-0.2, 0) is 11.3 Å². The summed E-state index contributed by atoms with van der Waals surface area (Å²) in [6.45, 7) is 6.38. The minimum absolute atomic E-state index is 0.101. The quantitative estimate of drug-likeness (QED) is 0.633. The van der Waals surface area contributed by atoms with E-state index >= 15 is 0 Å². The molecule has 160 valence electrons. The molecule has 0 unspecified atom stereocenters. The number of aryl methyl sites for hydroxylation is 1. The van der Waals surface area contributed by atoms with Gasteiger partial charge in [0.1, 0.15) is 11.8 Å². The van der Waals surface area contributed by atoms with Crippen molar-refractivity contribution in [1.29, 1.82) is 0 Å². The Labute approximate surface area is 174 Å². The molecule has 0 spiro atoms. The Hall–Kier alpha value is -2.65. The second-order valence-corrected chi connectivity index (χ2v) is 8.43. The Morgan fingerprint density at radius 2 is 1.90 bits per heavy atom. The zero-order chi connectivity index (χ0) is 20.7. The second kappa shape index (κ2) is 7.88. The van der Waals surface area contributed by atoms with Crippen LogP contribution in [0.2, 0.25) is 0 Å². The Balaban J connectivity index is 1.18. The van der Waals surface area contributed by atoms with E-state index in [1.54, 1.807) is 23.1 Å². The van der Waals surface area contributed by atoms with Gasteiger partial charge in [0.2, 0.25) is 5.91 Å². The lowest BCUT2D eigenvalue weighted by atomic mass is 10.0. The molecule has 0 aliphatic carbocycles. The molecule has 2 aliphatic heterocycles. The first-order valence-corrected chi connectivity index (χ1v) is 10.7. The fraction of sp³-hybridized carbons (Fsp3) is 0.571. The van der Waals surface area contributed by atoms with E-state index in [4.69, 9.17) is 4.42 Å². The number of fused-ring (bicyclic) bond motifs is 3. The first kappa shape index (κ1) is 19.3. The molecule has 3 aromatic rings. The number of aromatic nitrogens is 3. The third-order valence-corrected chi connectivity index (χ3v) is 6.63. The predicted octanol–water partition coefficient (Wildman–Crippen LogP) is 0.871. The van der Waals surface area contributed by atoms with Crippen LogP contribution >= 0.6 is 0 Å². The third-order valence-electron chi connectivity index (χ3n) is 6.63. The van der Waals surface area contributed by atoms with Crippen LogP contribution in [0.15, 0.2) is 33.9 Å². The lowest BCUT2D eigenvalue weighted by Crippen LogP contribution is -2.53. The van der Waals surface area contributed by atoms with E-state index in [0.717, 1.165) is 57.6 Å². The maximum absolute atomic E-state index is 12.7. The maximum atomic E-state index is 12.7. The molecule has 2 saturated heterocycles. The van der Waals surface area contributed by atoms with Gasteiger partial charge >= 0.3 is 0 Å². The highest BCUT2D eigenvalue weighted by Gasteiger charge is 2.28. The number of hydrogen-bond acceptors (Lipinski definition) is 6. The van der Waals surface area contributed by atoms with Crippen LogP contribution in [0.25, 0.3) is 16.6 Å². The first-order chi connectivity index (χ1) is 14.6. The molecule has 2 fully saturated rings. The number of likely N-dealkylation sites (N-methyl/N-ethyl adjacent to an activating group) is 1. The van der Waals surface area contributed by atoms with Crippen LogP contribution in [0.1, 0.15) is 19.3 Å². The molecule has 5 rings (SSSR count). The van der Waals surface area contributed by atoms with E-state index < -0.39 is 0 Å². The molecule has 3 aromatic heterocycles. The second-order valence-electron chi connectivity index (χ2n) is 8.43. The van der Waals surface area contributed by atoms with Gasteiger partial charge in [-0.25, -0.2) is 4.68 Å². The first-order valence-electron chi connectivity index (χ1n) is 10.7. The number of hydrogen-bond donors (Lipinski definition) is 0. The zero-order valence-corrected chi connectivity index (χ0v) is 17.4. The van der Waals surface area contributed by atoms with E-state index in [1.807, 2.05) is 11.0 Å². The largest absolute Gasteiger partial charge is 0.463 e. The van der Waals surface area contributed by atoms with E-state index in [1.165, 1.54) is 4.68 Å². The number of carbonyl (C=O) groups excluding carboxylic acids is 1. The monoisotopic (exact) mass is 412 g/mol. The number of furan rings is 1. The van der Waals surface area contributed by atoms with Crippen molar-refractivity contribution in [2.75, 3.05) is 46.3 Å². The number of carbonyl (C=O) groups is 1. The lowest BCUT2D eigenvalue weighted by Gasteiger charge is -2.42. The number of rotatable bonds is 4. The Kier molecular flexibility index (Phi) is 5.08. The van der Waals surface area contributed by atoms with Gasteiger partial charge in [-0.3, -0.25) is 18.9 Å². The van der Waals surface area contributed by atoms with Gasteiger partial charge in [0.25, 0.3) is 5.56 Å². The van der Waals surface area contributed by atoms with Gasteiger partial charge in [0.05, 0.1) is 18.3 Å². The van der Waals surface area contributed by atoms with Crippen molar-refractivity contribution < 1.29 is 9.21 Å². The van der Waals surface area contributed by atoms with Crippen molar-refractivity contribution in [2.24, 2.45) is 0 Å². The number of likely N-dealkylation sites (tertiary alicyclic amines) is 1. The lowest BCUT2D eigenvalue weighted by molar-refractivity contribution is -0.133. The molecule has 9 nitrogen and oxygen atoms in total. The van der Waals surface area contributed by atoms with E-state index in [9.17, 15) is 9.59 Å². The highest BCUT2D eigenvalue weighted by atomic mass is 16.3. The average molecular weight is 412 g/mol. The fourth-order valence-corrected chi connectivity index (χ4v) is 4.72. The highest BCUT2D eigenvalue weighted by Crippen LogP contribution is 2.20. The van der Waals surface area contributed by atoms with Gasteiger partial charge in [-0.15, -0.1) is 0 Å². The van der Waals surface area contributed by atoms with Gasteiger partial charge in [-0.1, -0.05) is 0 Å². The minimum atomic E-state index is -0.203. The summed E-state index contributed by atoms with van der Waals surface area (Å²) in [5, 5.41) is 4.25.